The number of halogens is 5. The molecule has 0 radical (unpaired) electrons. The molecule has 1 atom stereocenters. The number of hydrogen-bond donors (Lipinski definition) is 2. The summed E-state index contributed by atoms with van der Waals surface area (Å²) in [4.78, 5) is 12.3. The lowest BCUT2D eigenvalue weighted by molar-refractivity contribution is -0.161. The molecule has 3 aromatic carbocycles. The summed E-state index contributed by atoms with van der Waals surface area (Å²) in [5.74, 6) is -0.644. The number of nitrogens with zero attached hydrogens (tertiary/aromatic N) is 1. The molecule has 0 aromatic heterocycles. The molecule has 0 fully saturated rings. The quantitative estimate of drug-likeness (QED) is 0.117. The third kappa shape index (κ3) is 9.78. The number of benzene rings is 3. The molecule has 0 aliphatic carbocycles. The van der Waals surface area contributed by atoms with Crippen LogP contribution in [0, 0.1) is 0 Å². The molecule has 2 N–H and O–H groups in total. The van der Waals surface area contributed by atoms with Gasteiger partial charge in [0.05, 0.1) is 21.8 Å². The molecule has 0 aliphatic rings. The molecule has 6 nitrogen and oxygen atoms in total. The molecule has 212 valence electrons. The number of anilines is 1. The zero-order chi connectivity index (χ0) is 29.5. The highest BCUT2D eigenvalue weighted by atomic mass is 35.5. The molecule has 0 bridgehead atoms. The van der Waals surface area contributed by atoms with E-state index in [0.717, 1.165) is 12.1 Å². The lowest BCUT2D eigenvalue weighted by Gasteiger charge is -2.23. The van der Waals surface area contributed by atoms with Crippen molar-refractivity contribution in [1.82, 2.24) is 5.43 Å². The molecular weight excluding hydrogens is 586 g/mol. The van der Waals surface area contributed by atoms with E-state index >= 15 is 0 Å². The van der Waals surface area contributed by atoms with Crippen molar-refractivity contribution in [3.8, 4) is 0 Å². The van der Waals surface area contributed by atoms with Gasteiger partial charge >= 0.3 is 12.1 Å². The third-order valence-corrected chi connectivity index (χ3v) is 6.01. The summed E-state index contributed by atoms with van der Waals surface area (Å²) in [5, 5.41) is 7.98. The predicted molar refractivity (Wildman–Crippen MR) is 155 cm³/mol. The van der Waals surface area contributed by atoms with E-state index in [1.165, 1.54) is 18.3 Å². The van der Waals surface area contributed by atoms with Crippen molar-refractivity contribution >= 4 is 58.4 Å². The van der Waals surface area contributed by atoms with E-state index in [2.05, 4.69) is 15.8 Å². The Labute approximate surface area is 245 Å². The van der Waals surface area contributed by atoms with Gasteiger partial charge in [0.25, 0.3) is 0 Å². The van der Waals surface area contributed by atoms with Gasteiger partial charge in [0, 0.05) is 5.69 Å². The number of carbonyl (C=O) groups excluding carboxylic acids is 1. The van der Waals surface area contributed by atoms with Crippen LogP contribution in [0.5, 0.6) is 0 Å². The summed E-state index contributed by atoms with van der Waals surface area (Å²) in [7, 11) is 0. The van der Waals surface area contributed by atoms with E-state index < -0.39 is 36.0 Å². The maximum absolute atomic E-state index is 13.4. The van der Waals surface area contributed by atoms with Crippen molar-refractivity contribution in [2.45, 2.75) is 38.7 Å². The number of esters is 1. The van der Waals surface area contributed by atoms with Crippen molar-refractivity contribution in [1.29, 1.82) is 0 Å². The summed E-state index contributed by atoms with van der Waals surface area (Å²) in [6.07, 6.45) is -4.06. The first-order chi connectivity index (χ1) is 18.7. The minimum Gasteiger partial charge on any atom is -0.458 e. The second kappa shape index (κ2) is 13.5. The van der Waals surface area contributed by atoms with Crippen molar-refractivity contribution < 1.29 is 27.4 Å². The number of hydrazone groups is 1. The van der Waals surface area contributed by atoms with Crippen molar-refractivity contribution in [2.75, 3.05) is 11.9 Å². The molecular formula is C28H26Cl2F3N3O3S. The molecule has 3 rings (SSSR count). The lowest BCUT2D eigenvalue weighted by Crippen LogP contribution is -2.27. The molecule has 3 aromatic rings. The first-order valence-corrected chi connectivity index (χ1v) is 13.0. The lowest BCUT2D eigenvalue weighted by atomic mass is 9.98. The molecule has 0 saturated carbocycles. The zero-order valence-electron chi connectivity index (χ0n) is 21.7. The smallest absolute Gasteiger partial charge is 0.416 e. The van der Waals surface area contributed by atoms with E-state index in [-0.39, 0.29) is 10.7 Å². The number of carbonyl (C=O) groups is 1. The second-order valence-electron chi connectivity index (χ2n) is 9.52. The molecule has 0 aliphatic heterocycles. The fourth-order valence-electron chi connectivity index (χ4n) is 3.49. The zero-order valence-corrected chi connectivity index (χ0v) is 24.0. The summed E-state index contributed by atoms with van der Waals surface area (Å²) in [5.41, 5.74) is 3.03. The highest BCUT2D eigenvalue weighted by Gasteiger charge is 2.31. The minimum atomic E-state index is -4.55. The molecule has 1 unspecified atom stereocenters. The van der Waals surface area contributed by atoms with Crippen LogP contribution in [0.4, 0.5) is 18.9 Å². The van der Waals surface area contributed by atoms with Crippen molar-refractivity contribution in [3.05, 3.63) is 99.0 Å². The highest BCUT2D eigenvalue weighted by Crippen LogP contribution is 2.34. The largest absolute Gasteiger partial charge is 0.458 e. The minimum absolute atomic E-state index is 0.188. The van der Waals surface area contributed by atoms with Gasteiger partial charge in [-0.1, -0.05) is 53.5 Å². The molecule has 0 amide bonds. The van der Waals surface area contributed by atoms with Gasteiger partial charge < -0.3 is 14.8 Å². The van der Waals surface area contributed by atoms with Crippen molar-refractivity contribution in [3.63, 3.8) is 0 Å². The van der Waals surface area contributed by atoms with Crippen LogP contribution in [0.1, 0.15) is 49.1 Å². The maximum atomic E-state index is 13.4. The van der Waals surface area contributed by atoms with Crippen LogP contribution < -0.4 is 10.7 Å². The fraction of sp³-hybridized carbons (Fsp3) is 0.250. The van der Waals surface area contributed by atoms with Gasteiger partial charge in [-0.25, -0.2) is 4.79 Å². The Morgan fingerprint density at radius 2 is 1.68 bits per heavy atom. The van der Waals surface area contributed by atoms with E-state index in [0.29, 0.717) is 26.9 Å². The average molecular weight is 613 g/mol. The number of alkyl halides is 3. The summed E-state index contributed by atoms with van der Waals surface area (Å²) in [6.45, 7) is 4.65. The van der Waals surface area contributed by atoms with Crippen LogP contribution in [-0.2, 0) is 20.4 Å². The molecule has 0 saturated heterocycles. The first-order valence-electron chi connectivity index (χ1n) is 11.9. The first kappa shape index (κ1) is 31.3. The highest BCUT2D eigenvalue weighted by molar-refractivity contribution is 7.80. The van der Waals surface area contributed by atoms with E-state index in [4.69, 9.17) is 44.9 Å². The number of rotatable bonds is 8. The molecule has 0 heterocycles. The topological polar surface area (TPSA) is 72.0 Å². The Morgan fingerprint density at radius 1 is 1.00 bits per heavy atom. The van der Waals surface area contributed by atoms with Gasteiger partial charge in [0.1, 0.15) is 18.3 Å². The summed E-state index contributed by atoms with van der Waals surface area (Å²) >= 11 is 17.2. The average Bonchev–Trinajstić information content (AvgIpc) is 2.85. The Balaban J connectivity index is 1.79. The van der Waals surface area contributed by atoms with Crippen molar-refractivity contribution in [2.24, 2.45) is 5.10 Å². The van der Waals surface area contributed by atoms with E-state index in [9.17, 15) is 18.0 Å². The van der Waals surface area contributed by atoms with Crippen LogP contribution in [0.3, 0.4) is 0 Å². The van der Waals surface area contributed by atoms with Gasteiger partial charge in [0.15, 0.2) is 5.11 Å². The van der Waals surface area contributed by atoms with E-state index in [1.54, 1.807) is 63.2 Å². The number of nitrogens with one attached hydrogen (secondary N) is 2. The Morgan fingerprint density at radius 3 is 2.33 bits per heavy atom. The number of thiocarbonyl (C=S) groups is 1. The SMILES string of the molecule is CC(C)(C)OC(=O)COC(c1cccc(C=NNC(=S)Nc2ccc(Cl)c(Cl)c2)c1)c1cccc(C(F)(F)F)c1. The monoisotopic (exact) mass is 611 g/mol. The normalized spacial score (nSPS) is 12.7. The summed E-state index contributed by atoms with van der Waals surface area (Å²) in [6, 6.07) is 16.5. The van der Waals surface area contributed by atoms with Crippen LogP contribution in [-0.4, -0.2) is 29.5 Å². The Kier molecular flexibility index (Phi) is 10.5. The van der Waals surface area contributed by atoms with Gasteiger partial charge in [-0.15, -0.1) is 0 Å². The van der Waals surface area contributed by atoms with Crippen LogP contribution in [0.2, 0.25) is 10.0 Å². The Hall–Kier alpha value is -3.18. The van der Waals surface area contributed by atoms with Crippen LogP contribution >= 0.6 is 35.4 Å². The standard InChI is InChI=1S/C28H26Cl2F3N3O3S/c1-27(2,3)39-24(37)16-38-25(19-8-5-9-20(13-19)28(31,32)33)18-7-4-6-17(12-18)15-34-36-26(40)35-21-10-11-22(29)23(30)14-21/h4-15,25H,16H2,1-3H3,(H2,35,36,40). The number of hydrogen-bond acceptors (Lipinski definition) is 5. The Bertz CT molecular complexity index is 1390. The predicted octanol–water partition coefficient (Wildman–Crippen LogP) is 7.78. The van der Waals surface area contributed by atoms with Gasteiger partial charge in [-0.3, -0.25) is 5.43 Å². The molecule has 12 heteroatoms. The van der Waals surface area contributed by atoms with Gasteiger partial charge in [0.2, 0.25) is 0 Å². The van der Waals surface area contributed by atoms with E-state index in [1.807, 2.05) is 0 Å². The van der Waals surface area contributed by atoms with Gasteiger partial charge in [-0.05, 0) is 86.1 Å². The molecule has 40 heavy (non-hydrogen) atoms. The fourth-order valence-corrected chi connectivity index (χ4v) is 3.95. The van der Waals surface area contributed by atoms with Gasteiger partial charge in [-0.2, -0.15) is 18.3 Å². The molecule has 0 spiro atoms. The number of ether oxygens (including phenoxy) is 2. The van der Waals surface area contributed by atoms with Crippen LogP contribution in [0.15, 0.2) is 71.8 Å². The summed E-state index contributed by atoms with van der Waals surface area (Å²) < 4.78 is 51.3. The second-order valence-corrected chi connectivity index (χ2v) is 10.7. The van der Waals surface area contributed by atoms with Crippen LogP contribution in [0.25, 0.3) is 0 Å². The third-order valence-electron chi connectivity index (χ3n) is 5.08. The maximum Gasteiger partial charge on any atom is 0.416 e.